The van der Waals surface area contributed by atoms with Crippen LogP contribution in [0.5, 0.6) is 0 Å². The van der Waals surface area contributed by atoms with Crippen molar-refractivity contribution in [3.05, 3.63) is 34.1 Å². The van der Waals surface area contributed by atoms with E-state index in [-0.39, 0.29) is 17.4 Å². The summed E-state index contributed by atoms with van der Waals surface area (Å²) in [5.41, 5.74) is 0.696. The molecule has 102 valence electrons. The predicted molar refractivity (Wildman–Crippen MR) is 78.4 cm³/mol. The maximum Gasteiger partial charge on any atom is 0.127 e. The van der Waals surface area contributed by atoms with E-state index in [0.29, 0.717) is 6.42 Å². The van der Waals surface area contributed by atoms with Crippen LogP contribution in [0, 0.1) is 5.82 Å². The molecule has 0 saturated carbocycles. The van der Waals surface area contributed by atoms with E-state index in [4.69, 9.17) is 0 Å². The van der Waals surface area contributed by atoms with Crippen LogP contribution in [0.25, 0.3) is 0 Å². The fourth-order valence-corrected chi connectivity index (χ4v) is 2.26. The van der Waals surface area contributed by atoms with Crippen LogP contribution in [0.1, 0.15) is 19.4 Å². The molecule has 0 aliphatic carbocycles. The summed E-state index contributed by atoms with van der Waals surface area (Å²) in [4.78, 5) is 2.16. The van der Waals surface area contributed by atoms with Gasteiger partial charge >= 0.3 is 0 Å². The molecule has 0 fully saturated rings. The van der Waals surface area contributed by atoms with Crippen molar-refractivity contribution in [2.75, 3.05) is 21.1 Å². The summed E-state index contributed by atoms with van der Waals surface area (Å²) in [5.74, 6) is -0.154. The topological polar surface area (TPSA) is 15.3 Å². The number of nitrogens with one attached hydrogen (secondary N) is 1. The van der Waals surface area contributed by atoms with Gasteiger partial charge in [-0.25, -0.2) is 4.39 Å². The van der Waals surface area contributed by atoms with Crippen molar-refractivity contribution in [1.29, 1.82) is 0 Å². The smallest absolute Gasteiger partial charge is 0.127 e. The fraction of sp³-hybridized carbons (Fsp3) is 0.571. The van der Waals surface area contributed by atoms with E-state index in [1.807, 2.05) is 33.3 Å². The molecule has 0 saturated heterocycles. The molecule has 0 aliphatic rings. The van der Waals surface area contributed by atoms with Gasteiger partial charge in [0, 0.05) is 16.1 Å². The van der Waals surface area contributed by atoms with Crippen molar-refractivity contribution in [3.8, 4) is 0 Å². The van der Waals surface area contributed by atoms with Crippen molar-refractivity contribution >= 4 is 15.9 Å². The van der Waals surface area contributed by atoms with Gasteiger partial charge < -0.3 is 10.2 Å². The maximum atomic E-state index is 13.9. The third-order valence-electron chi connectivity index (χ3n) is 3.79. The lowest BCUT2D eigenvalue weighted by atomic mass is 9.88. The first-order chi connectivity index (χ1) is 8.28. The van der Waals surface area contributed by atoms with E-state index in [1.165, 1.54) is 6.07 Å². The van der Waals surface area contributed by atoms with Gasteiger partial charge in [-0.2, -0.15) is 0 Å². The van der Waals surface area contributed by atoms with Crippen molar-refractivity contribution in [1.82, 2.24) is 10.2 Å². The standard InChI is InChI=1S/C14H22BrFN2/c1-14(2,18(4)5)13(17-3)8-10-6-7-11(15)9-12(10)16/h6-7,9,13,17H,8H2,1-5H3. The molecule has 1 N–H and O–H groups in total. The number of halogens is 2. The molecule has 0 radical (unpaired) electrons. The normalized spacial score (nSPS) is 14.0. The molecule has 1 atom stereocenters. The molecule has 0 aliphatic heterocycles. The second-order valence-corrected chi connectivity index (χ2v) is 6.24. The average molecular weight is 317 g/mol. The van der Waals surface area contributed by atoms with Crippen molar-refractivity contribution in [2.45, 2.75) is 31.8 Å². The Labute approximate surface area is 118 Å². The molecule has 2 nitrogen and oxygen atoms in total. The van der Waals surface area contributed by atoms with Crippen molar-refractivity contribution < 1.29 is 4.39 Å². The third-order valence-corrected chi connectivity index (χ3v) is 4.29. The molecule has 1 aromatic rings. The van der Waals surface area contributed by atoms with Gasteiger partial charge in [-0.1, -0.05) is 22.0 Å². The Morgan fingerprint density at radius 2 is 2.00 bits per heavy atom. The summed E-state index contributed by atoms with van der Waals surface area (Å²) in [6, 6.07) is 5.43. The van der Waals surface area contributed by atoms with E-state index < -0.39 is 0 Å². The predicted octanol–water partition coefficient (Wildman–Crippen LogP) is 3.06. The summed E-state index contributed by atoms with van der Waals surface area (Å²) in [7, 11) is 6.01. The van der Waals surface area contributed by atoms with Crippen LogP contribution >= 0.6 is 15.9 Å². The third kappa shape index (κ3) is 3.53. The van der Waals surface area contributed by atoms with Gasteiger partial charge in [-0.05, 0) is 59.1 Å². The SMILES string of the molecule is CNC(Cc1ccc(Br)cc1F)C(C)(C)N(C)C. The number of hydrogen-bond donors (Lipinski definition) is 1. The van der Waals surface area contributed by atoms with Crippen LogP contribution < -0.4 is 5.32 Å². The Hall–Kier alpha value is -0.450. The summed E-state index contributed by atoms with van der Waals surface area (Å²) >= 11 is 3.28. The molecule has 0 amide bonds. The van der Waals surface area contributed by atoms with E-state index in [2.05, 4.69) is 40.0 Å². The van der Waals surface area contributed by atoms with Crippen molar-refractivity contribution in [2.24, 2.45) is 0 Å². The van der Waals surface area contributed by atoms with Crippen molar-refractivity contribution in [3.63, 3.8) is 0 Å². The Bertz CT molecular complexity index is 405. The lowest BCUT2D eigenvalue weighted by molar-refractivity contribution is 0.141. The van der Waals surface area contributed by atoms with E-state index in [0.717, 1.165) is 10.0 Å². The first kappa shape index (κ1) is 15.6. The van der Waals surface area contributed by atoms with Gasteiger partial charge in [0.2, 0.25) is 0 Å². The minimum atomic E-state index is -0.154. The van der Waals surface area contributed by atoms with Crippen LogP contribution in [0.4, 0.5) is 4.39 Å². The molecule has 0 bridgehead atoms. The van der Waals surface area contributed by atoms with E-state index in [9.17, 15) is 4.39 Å². The molecular weight excluding hydrogens is 295 g/mol. The van der Waals surface area contributed by atoms with Gasteiger partial charge in [0.25, 0.3) is 0 Å². The molecule has 4 heteroatoms. The minimum Gasteiger partial charge on any atom is -0.315 e. The highest BCUT2D eigenvalue weighted by Gasteiger charge is 2.31. The Morgan fingerprint density at radius 3 is 2.44 bits per heavy atom. The van der Waals surface area contributed by atoms with Gasteiger partial charge in [-0.3, -0.25) is 0 Å². The number of hydrogen-bond acceptors (Lipinski definition) is 2. The molecular formula is C14H22BrFN2. The zero-order valence-corrected chi connectivity index (χ0v) is 13.3. The number of likely N-dealkylation sites (N-methyl/N-ethyl adjacent to an activating group) is 2. The Balaban J connectivity index is 2.93. The largest absolute Gasteiger partial charge is 0.315 e. The van der Waals surface area contributed by atoms with Gasteiger partial charge in [0.1, 0.15) is 5.82 Å². The second kappa shape index (κ2) is 6.13. The quantitative estimate of drug-likeness (QED) is 0.898. The fourth-order valence-electron chi connectivity index (χ4n) is 1.92. The van der Waals surface area contributed by atoms with E-state index >= 15 is 0 Å². The molecule has 18 heavy (non-hydrogen) atoms. The highest BCUT2D eigenvalue weighted by molar-refractivity contribution is 9.10. The van der Waals surface area contributed by atoms with Gasteiger partial charge in [-0.15, -0.1) is 0 Å². The lowest BCUT2D eigenvalue weighted by Gasteiger charge is -2.40. The minimum absolute atomic E-state index is 0.0474. The summed E-state index contributed by atoms with van der Waals surface area (Å²) in [6.45, 7) is 4.32. The lowest BCUT2D eigenvalue weighted by Crippen LogP contribution is -2.55. The first-order valence-electron chi connectivity index (χ1n) is 6.07. The highest BCUT2D eigenvalue weighted by Crippen LogP contribution is 2.22. The monoisotopic (exact) mass is 316 g/mol. The molecule has 1 rings (SSSR count). The summed E-state index contributed by atoms with van der Waals surface area (Å²) in [5, 5.41) is 3.29. The second-order valence-electron chi connectivity index (χ2n) is 5.33. The molecule has 0 aromatic heterocycles. The highest BCUT2D eigenvalue weighted by atomic mass is 79.9. The zero-order chi connectivity index (χ0) is 13.9. The number of nitrogens with zero attached hydrogens (tertiary/aromatic N) is 1. The van der Waals surface area contributed by atoms with Crippen LogP contribution in [0.15, 0.2) is 22.7 Å². The molecule has 1 unspecified atom stereocenters. The number of rotatable bonds is 5. The van der Waals surface area contributed by atoms with E-state index in [1.54, 1.807) is 0 Å². The van der Waals surface area contributed by atoms with Gasteiger partial charge in [0.05, 0.1) is 0 Å². The molecule has 1 aromatic carbocycles. The Kier molecular flexibility index (Phi) is 5.32. The maximum absolute atomic E-state index is 13.9. The summed E-state index contributed by atoms with van der Waals surface area (Å²) < 4.78 is 14.6. The number of benzene rings is 1. The van der Waals surface area contributed by atoms with Crippen LogP contribution in [0.2, 0.25) is 0 Å². The van der Waals surface area contributed by atoms with Gasteiger partial charge in [0.15, 0.2) is 0 Å². The van der Waals surface area contributed by atoms with Crippen LogP contribution in [0.3, 0.4) is 0 Å². The summed E-state index contributed by atoms with van der Waals surface area (Å²) in [6.07, 6.45) is 0.667. The van der Waals surface area contributed by atoms with Crippen LogP contribution in [-0.4, -0.2) is 37.6 Å². The Morgan fingerprint density at radius 1 is 1.39 bits per heavy atom. The average Bonchev–Trinajstić information content (AvgIpc) is 2.27. The zero-order valence-electron chi connectivity index (χ0n) is 11.7. The first-order valence-corrected chi connectivity index (χ1v) is 6.87. The molecule has 0 heterocycles. The van der Waals surface area contributed by atoms with Crippen LogP contribution in [-0.2, 0) is 6.42 Å². The molecule has 0 spiro atoms.